The minimum Gasteiger partial charge on any atom is -0.396 e. The van der Waals surface area contributed by atoms with Crippen molar-refractivity contribution < 1.29 is 14.6 Å². The van der Waals surface area contributed by atoms with Crippen LogP contribution in [0.5, 0.6) is 0 Å². The van der Waals surface area contributed by atoms with Crippen molar-refractivity contribution in [1.29, 1.82) is 0 Å². The molecule has 0 spiro atoms. The molecule has 0 radical (unpaired) electrons. The molecule has 1 saturated heterocycles. The Hall–Kier alpha value is -1.39. The second-order valence-electron chi connectivity index (χ2n) is 7.25. The smallest absolute Gasteiger partial charge is 0.243 e. The van der Waals surface area contributed by atoms with Crippen LogP contribution in [0.3, 0.4) is 0 Å². The fourth-order valence-electron chi connectivity index (χ4n) is 3.02. The summed E-state index contributed by atoms with van der Waals surface area (Å²) in [6, 6.07) is 10.2. The van der Waals surface area contributed by atoms with Gasteiger partial charge in [-0.1, -0.05) is 30.3 Å². The van der Waals surface area contributed by atoms with Crippen molar-refractivity contribution in [3.05, 3.63) is 35.9 Å². The number of carbonyl (C=O) groups is 1. The van der Waals surface area contributed by atoms with Crippen molar-refractivity contribution in [2.24, 2.45) is 10.4 Å². The molecule has 1 aliphatic heterocycles. The molecule has 8 heteroatoms. The van der Waals surface area contributed by atoms with E-state index in [1.807, 2.05) is 18.2 Å². The average Bonchev–Trinajstić information content (AvgIpc) is 3.13. The molecule has 1 unspecified atom stereocenters. The number of rotatable bonds is 9. The maximum atomic E-state index is 11.9. The van der Waals surface area contributed by atoms with Crippen molar-refractivity contribution in [3.8, 4) is 0 Å². The van der Waals surface area contributed by atoms with Crippen molar-refractivity contribution in [3.63, 3.8) is 0 Å². The lowest BCUT2D eigenvalue weighted by atomic mass is 9.84. The molecule has 158 valence electrons. The predicted molar refractivity (Wildman–Crippen MR) is 122 cm³/mol. The van der Waals surface area contributed by atoms with E-state index < -0.39 is 0 Å². The van der Waals surface area contributed by atoms with Crippen LogP contribution in [0.15, 0.2) is 35.3 Å². The van der Waals surface area contributed by atoms with Gasteiger partial charge in [-0.05, 0) is 24.8 Å². The Labute approximate surface area is 185 Å². The van der Waals surface area contributed by atoms with Crippen molar-refractivity contribution in [2.75, 3.05) is 53.6 Å². The van der Waals surface area contributed by atoms with E-state index in [0.29, 0.717) is 32.1 Å². The van der Waals surface area contributed by atoms with Crippen LogP contribution in [0.4, 0.5) is 0 Å². The van der Waals surface area contributed by atoms with Gasteiger partial charge in [-0.25, -0.2) is 4.99 Å². The molecule has 0 aliphatic carbocycles. The highest BCUT2D eigenvalue weighted by molar-refractivity contribution is 14.0. The topological polar surface area (TPSA) is 86.2 Å². The fourth-order valence-corrected chi connectivity index (χ4v) is 3.02. The number of guanidine groups is 1. The molecule has 1 aromatic carbocycles. The van der Waals surface area contributed by atoms with E-state index in [4.69, 9.17) is 4.74 Å². The summed E-state index contributed by atoms with van der Waals surface area (Å²) in [5.74, 6) is 0.568. The van der Waals surface area contributed by atoms with Crippen LogP contribution in [-0.4, -0.2) is 75.4 Å². The van der Waals surface area contributed by atoms with Gasteiger partial charge in [0.05, 0.1) is 6.61 Å². The normalized spacial score (nSPS) is 19.0. The van der Waals surface area contributed by atoms with Crippen molar-refractivity contribution in [1.82, 2.24) is 15.5 Å². The van der Waals surface area contributed by atoms with Crippen molar-refractivity contribution >= 4 is 35.8 Å². The molecule has 3 N–H and O–H groups in total. The number of amides is 1. The number of nitrogens with one attached hydrogen (secondary N) is 2. The van der Waals surface area contributed by atoms with Gasteiger partial charge in [-0.3, -0.25) is 4.79 Å². The van der Waals surface area contributed by atoms with Crippen molar-refractivity contribution in [2.45, 2.75) is 19.3 Å². The lowest BCUT2D eigenvalue weighted by Crippen LogP contribution is -2.45. The van der Waals surface area contributed by atoms with E-state index in [1.165, 1.54) is 10.5 Å². The van der Waals surface area contributed by atoms with Gasteiger partial charge in [-0.15, -0.1) is 24.0 Å². The zero-order valence-corrected chi connectivity index (χ0v) is 19.1. The summed E-state index contributed by atoms with van der Waals surface area (Å²) >= 11 is 0. The molecule has 7 nitrogen and oxygen atoms in total. The maximum absolute atomic E-state index is 11.9. The fraction of sp³-hybridized carbons (Fsp3) is 0.600. The maximum Gasteiger partial charge on any atom is 0.243 e. The standard InChI is InChI=1S/C20H32N4O3.HI/c1-24(2)18(26)14-22-19(21-11-8-17-6-4-3-5-7-17)23-15-20(9-12-25)10-13-27-16-20;/h3-7,25H,8-16H2,1-2H3,(H2,21,22,23);1H. The molecule has 0 bridgehead atoms. The first kappa shape index (κ1) is 24.6. The Kier molecular flexibility index (Phi) is 11.4. The zero-order valence-electron chi connectivity index (χ0n) is 16.8. The largest absolute Gasteiger partial charge is 0.396 e. The van der Waals surface area contributed by atoms with Gasteiger partial charge >= 0.3 is 0 Å². The van der Waals surface area contributed by atoms with Gasteiger partial charge in [0.1, 0.15) is 6.54 Å². The minimum atomic E-state index is -0.0812. The molecule has 1 fully saturated rings. The number of aliphatic hydroxyl groups excluding tert-OH is 1. The second-order valence-corrected chi connectivity index (χ2v) is 7.25. The molecule has 1 atom stereocenters. The van der Waals surface area contributed by atoms with E-state index in [0.717, 1.165) is 19.4 Å². The van der Waals surface area contributed by atoms with Crippen LogP contribution < -0.4 is 10.6 Å². The van der Waals surface area contributed by atoms with Gasteiger partial charge in [0, 0.05) is 45.8 Å². The first-order valence-electron chi connectivity index (χ1n) is 9.49. The van der Waals surface area contributed by atoms with Crippen LogP contribution in [0.1, 0.15) is 18.4 Å². The number of aliphatic imine (C=N–C) groups is 1. The summed E-state index contributed by atoms with van der Waals surface area (Å²) < 4.78 is 5.54. The molecule has 0 aromatic heterocycles. The van der Waals surface area contributed by atoms with Gasteiger partial charge in [0.2, 0.25) is 5.91 Å². The Morgan fingerprint density at radius 2 is 2.04 bits per heavy atom. The number of hydrogen-bond donors (Lipinski definition) is 3. The van der Waals surface area contributed by atoms with Crippen LogP contribution in [-0.2, 0) is 16.0 Å². The Bertz CT molecular complexity index is 605. The number of aliphatic hydroxyl groups is 1. The van der Waals surface area contributed by atoms with Crippen LogP contribution in [0, 0.1) is 5.41 Å². The van der Waals surface area contributed by atoms with Crippen LogP contribution in [0.25, 0.3) is 0 Å². The SMILES string of the molecule is CN(C)C(=O)CN=C(NCCc1ccccc1)NCC1(CCO)CCOC1.I. The second kappa shape index (κ2) is 12.9. The van der Waals surface area contributed by atoms with E-state index in [2.05, 4.69) is 27.8 Å². The molecule has 1 aromatic rings. The van der Waals surface area contributed by atoms with Gasteiger partial charge < -0.3 is 25.4 Å². The summed E-state index contributed by atoms with van der Waals surface area (Å²) in [6.45, 7) is 2.95. The lowest BCUT2D eigenvalue weighted by molar-refractivity contribution is -0.127. The first-order valence-corrected chi connectivity index (χ1v) is 9.49. The highest BCUT2D eigenvalue weighted by Crippen LogP contribution is 2.31. The molecule has 1 amide bonds. The lowest BCUT2D eigenvalue weighted by Gasteiger charge is -2.28. The predicted octanol–water partition coefficient (Wildman–Crippen LogP) is 1.26. The van der Waals surface area contributed by atoms with E-state index in [9.17, 15) is 9.90 Å². The Balaban J connectivity index is 0.00000392. The number of likely N-dealkylation sites (N-methyl/N-ethyl adjacent to an activating group) is 1. The van der Waals surface area contributed by atoms with Gasteiger partial charge in [-0.2, -0.15) is 0 Å². The monoisotopic (exact) mass is 504 g/mol. The molecular weight excluding hydrogens is 471 g/mol. The third kappa shape index (κ3) is 8.32. The molecule has 2 rings (SSSR count). The summed E-state index contributed by atoms with van der Waals surface area (Å²) in [7, 11) is 3.44. The molecule has 0 saturated carbocycles. The van der Waals surface area contributed by atoms with Crippen LogP contribution >= 0.6 is 24.0 Å². The zero-order chi connectivity index (χ0) is 19.5. The molecule has 1 heterocycles. The van der Waals surface area contributed by atoms with E-state index >= 15 is 0 Å². The highest BCUT2D eigenvalue weighted by atomic mass is 127. The van der Waals surface area contributed by atoms with Gasteiger partial charge in [0.25, 0.3) is 0 Å². The van der Waals surface area contributed by atoms with Gasteiger partial charge in [0.15, 0.2) is 5.96 Å². The number of benzene rings is 1. The Morgan fingerprint density at radius 1 is 1.29 bits per heavy atom. The number of halogens is 1. The first-order chi connectivity index (χ1) is 13.0. The molecular formula is C20H33IN4O3. The number of ether oxygens (including phenoxy) is 1. The third-order valence-electron chi connectivity index (χ3n) is 4.88. The average molecular weight is 504 g/mol. The third-order valence-corrected chi connectivity index (χ3v) is 4.88. The minimum absolute atomic E-state index is 0. The summed E-state index contributed by atoms with van der Waals surface area (Å²) in [5, 5.41) is 16.0. The number of carbonyl (C=O) groups excluding carboxylic acids is 1. The molecule has 1 aliphatic rings. The summed E-state index contributed by atoms with van der Waals surface area (Å²) in [5.41, 5.74) is 1.16. The number of hydrogen-bond acceptors (Lipinski definition) is 4. The number of nitrogens with zero attached hydrogens (tertiary/aromatic N) is 2. The van der Waals surface area contributed by atoms with E-state index in [1.54, 1.807) is 14.1 Å². The summed E-state index contributed by atoms with van der Waals surface area (Å²) in [4.78, 5) is 17.8. The summed E-state index contributed by atoms with van der Waals surface area (Å²) in [6.07, 6.45) is 2.47. The quantitative estimate of drug-likeness (QED) is 0.268. The van der Waals surface area contributed by atoms with E-state index in [-0.39, 0.29) is 48.5 Å². The van der Waals surface area contributed by atoms with Crippen LogP contribution in [0.2, 0.25) is 0 Å². The molecule has 28 heavy (non-hydrogen) atoms. The highest BCUT2D eigenvalue weighted by Gasteiger charge is 2.34. The Morgan fingerprint density at radius 3 is 2.64 bits per heavy atom.